The first kappa shape index (κ1) is 20.9. The summed E-state index contributed by atoms with van der Waals surface area (Å²) in [4.78, 5) is 26.1. The lowest BCUT2D eigenvalue weighted by molar-refractivity contribution is -0.112. The van der Waals surface area contributed by atoms with E-state index in [-0.39, 0.29) is 11.2 Å². The first-order chi connectivity index (χ1) is 15.4. The van der Waals surface area contributed by atoms with Crippen molar-refractivity contribution in [3.63, 3.8) is 0 Å². The van der Waals surface area contributed by atoms with Gasteiger partial charge < -0.3 is 4.90 Å². The van der Waals surface area contributed by atoms with Gasteiger partial charge in [-0.25, -0.2) is 9.97 Å². The third kappa shape index (κ3) is 3.63. The molecule has 1 aliphatic rings. The molecular formula is C26H23N3OS2. The molecule has 0 fully saturated rings. The number of allylic oxidation sites excluding steroid dienone is 2. The number of nitrogens with zero attached hydrogens (tertiary/aromatic N) is 3. The van der Waals surface area contributed by atoms with E-state index in [2.05, 4.69) is 65.1 Å². The van der Waals surface area contributed by atoms with Gasteiger partial charge >= 0.3 is 0 Å². The van der Waals surface area contributed by atoms with Crippen molar-refractivity contribution in [3.05, 3.63) is 84.3 Å². The molecule has 0 amide bonds. The number of thiophene rings is 1. The van der Waals surface area contributed by atoms with Gasteiger partial charge in [0, 0.05) is 40.2 Å². The van der Waals surface area contributed by atoms with Crippen LogP contribution in [0.15, 0.2) is 83.8 Å². The molecule has 0 atom stereocenters. The molecule has 0 bridgehead atoms. The lowest BCUT2D eigenvalue weighted by Crippen LogP contribution is -2.24. The van der Waals surface area contributed by atoms with Gasteiger partial charge in [-0.1, -0.05) is 74.1 Å². The lowest BCUT2D eigenvalue weighted by Gasteiger charge is -2.23. The topological polar surface area (TPSA) is 46.1 Å². The van der Waals surface area contributed by atoms with Crippen molar-refractivity contribution < 1.29 is 4.79 Å². The second-order valence-electron chi connectivity index (χ2n) is 8.36. The Bertz CT molecular complexity index is 1340. The van der Waals surface area contributed by atoms with Crippen molar-refractivity contribution in [1.82, 2.24) is 9.97 Å². The second-order valence-corrected chi connectivity index (χ2v) is 10.4. The fourth-order valence-corrected chi connectivity index (χ4v) is 6.15. The molecule has 0 radical (unpaired) electrons. The van der Waals surface area contributed by atoms with Gasteiger partial charge in [-0.05, 0) is 23.3 Å². The highest BCUT2D eigenvalue weighted by Crippen LogP contribution is 2.46. The summed E-state index contributed by atoms with van der Waals surface area (Å²) in [6, 6.07) is 20.7. The minimum atomic E-state index is -0.203. The van der Waals surface area contributed by atoms with Crippen molar-refractivity contribution in [2.24, 2.45) is 0 Å². The number of ketones is 1. The zero-order valence-corrected chi connectivity index (χ0v) is 19.8. The van der Waals surface area contributed by atoms with Gasteiger partial charge in [0.15, 0.2) is 5.78 Å². The molecule has 4 nitrogen and oxygen atoms in total. The molecule has 2 aromatic carbocycles. The molecule has 1 aliphatic heterocycles. The number of rotatable bonds is 5. The predicted molar refractivity (Wildman–Crippen MR) is 135 cm³/mol. The Morgan fingerprint density at radius 3 is 2.62 bits per heavy atom. The van der Waals surface area contributed by atoms with E-state index >= 15 is 0 Å². The molecule has 160 valence electrons. The Kier molecular flexibility index (Phi) is 5.35. The molecule has 0 aliphatic carbocycles. The van der Waals surface area contributed by atoms with Crippen molar-refractivity contribution in [3.8, 4) is 10.4 Å². The number of aromatic nitrogens is 2. The SMILES string of the molecule is CN1C(=CC(=O)CSc2ncnc3sc(-c4ccccc4)cc23)C(C)(C)c2ccccc21. The van der Waals surface area contributed by atoms with E-state index in [0.717, 1.165) is 31.5 Å². The summed E-state index contributed by atoms with van der Waals surface area (Å²) in [5.41, 5.74) is 4.40. The van der Waals surface area contributed by atoms with E-state index in [1.807, 2.05) is 31.3 Å². The van der Waals surface area contributed by atoms with Crippen LogP contribution in [0.4, 0.5) is 5.69 Å². The standard InChI is InChI=1S/C26H23N3OS2/c1-26(2)20-11-7-8-12-21(20)29(3)23(26)13-18(30)15-31-24-19-14-22(17-9-5-4-6-10-17)32-25(19)28-16-27-24/h4-14,16H,15H2,1-3H3. The zero-order chi connectivity index (χ0) is 22.3. The Hall–Kier alpha value is -2.96. The van der Waals surface area contributed by atoms with Crippen LogP contribution in [0.1, 0.15) is 19.4 Å². The van der Waals surface area contributed by atoms with Crippen molar-refractivity contribution >= 4 is 44.8 Å². The number of carbonyl (C=O) groups excluding carboxylic acids is 1. The maximum absolute atomic E-state index is 13.0. The number of anilines is 1. The van der Waals surface area contributed by atoms with Crippen molar-refractivity contribution in [2.75, 3.05) is 17.7 Å². The third-order valence-electron chi connectivity index (χ3n) is 5.94. The smallest absolute Gasteiger partial charge is 0.167 e. The van der Waals surface area contributed by atoms with Crippen LogP contribution in [0.2, 0.25) is 0 Å². The average molecular weight is 458 g/mol. The molecule has 0 spiro atoms. The Morgan fingerprint density at radius 2 is 1.84 bits per heavy atom. The molecular weight excluding hydrogens is 434 g/mol. The maximum atomic E-state index is 13.0. The fourth-order valence-electron chi connectivity index (χ4n) is 4.29. The summed E-state index contributed by atoms with van der Waals surface area (Å²) in [6.07, 6.45) is 3.39. The highest BCUT2D eigenvalue weighted by atomic mass is 32.2. The van der Waals surface area contributed by atoms with Crippen LogP contribution in [-0.2, 0) is 10.2 Å². The van der Waals surface area contributed by atoms with E-state index in [9.17, 15) is 4.79 Å². The lowest BCUT2D eigenvalue weighted by atomic mass is 9.83. The molecule has 32 heavy (non-hydrogen) atoms. The van der Waals surface area contributed by atoms with E-state index in [1.165, 1.54) is 22.9 Å². The predicted octanol–water partition coefficient (Wildman–Crippen LogP) is 6.33. The molecule has 0 saturated carbocycles. The monoisotopic (exact) mass is 457 g/mol. The van der Waals surface area contributed by atoms with Gasteiger partial charge in [0.2, 0.25) is 0 Å². The van der Waals surface area contributed by atoms with Crippen molar-refractivity contribution in [2.45, 2.75) is 24.3 Å². The second kappa shape index (κ2) is 8.19. The number of carbonyl (C=O) groups is 1. The van der Waals surface area contributed by atoms with Crippen LogP contribution in [0.3, 0.4) is 0 Å². The minimum absolute atomic E-state index is 0.0861. The number of hydrogen-bond donors (Lipinski definition) is 0. The number of para-hydroxylation sites is 1. The summed E-state index contributed by atoms with van der Waals surface area (Å²) in [5.74, 6) is 0.426. The van der Waals surface area contributed by atoms with Gasteiger partial charge in [0.1, 0.15) is 16.2 Å². The normalized spacial score (nSPS) is 16.0. The van der Waals surface area contributed by atoms with Crippen LogP contribution in [0, 0.1) is 0 Å². The Balaban J connectivity index is 1.37. The van der Waals surface area contributed by atoms with Crippen LogP contribution >= 0.6 is 23.1 Å². The highest BCUT2D eigenvalue weighted by Gasteiger charge is 2.38. The number of benzene rings is 2. The third-order valence-corrected chi connectivity index (χ3v) is 8.06. The van der Waals surface area contributed by atoms with Gasteiger partial charge in [0.05, 0.1) is 5.75 Å². The first-order valence-corrected chi connectivity index (χ1v) is 12.3. The van der Waals surface area contributed by atoms with Crippen LogP contribution in [0.5, 0.6) is 0 Å². The van der Waals surface area contributed by atoms with Crippen LogP contribution in [-0.4, -0.2) is 28.6 Å². The molecule has 6 heteroatoms. The first-order valence-electron chi connectivity index (χ1n) is 10.5. The Labute approximate surface area is 196 Å². The summed E-state index contributed by atoms with van der Waals surface area (Å²) in [7, 11) is 2.03. The van der Waals surface area contributed by atoms with Crippen LogP contribution in [0.25, 0.3) is 20.7 Å². The van der Waals surface area contributed by atoms with E-state index in [1.54, 1.807) is 23.7 Å². The molecule has 4 aromatic rings. The van der Waals surface area contributed by atoms with Crippen LogP contribution < -0.4 is 4.90 Å². The fraction of sp³-hybridized carbons (Fsp3) is 0.192. The zero-order valence-electron chi connectivity index (χ0n) is 18.2. The van der Waals surface area contributed by atoms with Gasteiger partial charge in [-0.15, -0.1) is 11.3 Å². The van der Waals surface area contributed by atoms with Gasteiger partial charge in [0.25, 0.3) is 0 Å². The molecule has 0 N–H and O–H groups in total. The molecule has 5 rings (SSSR count). The number of likely N-dealkylation sites (N-methyl/N-ethyl adjacent to an activating group) is 1. The molecule has 3 heterocycles. The molecule has 0 unspecified atom stereocenters. The Morgan fingerprint density at radius 1 is 1.09 bits per heavy atom. The largest absolute Gasteiger partial charge is 0.347 e. The number of thioether (sulfide) groups is 1. The van der Waals surface area contributed by atoms with Gasteiger partial charge in [-0.2, -0.15) is 0 Å². The maximum Gasteiger partial charge on any atom is 0.167 e. The summed E-state index contributed by atoms with van der Waals surface area (Å²) < 4.78 is 0. The van der Waals surface area contributed by atoms with E-state index in [4.69, 9.17) is 0 Å². The summed E-state index contributed by atoms with van der Waals surface area (Å²) in [5, 5.41) is 1.86. The quantitative estimate of drug-likeness (QED) is 0.199. The van der Waals surface area contributed by atoms with Gasteiger partial charge in [-0.3, -0.25) is 4.79 Å². The molecule has 0 saturated heterocycles. The minimum Gasteiger partial charge on any atom is -0.347 e. The average Bonchev–Trinajstić information content (AvgIpc) is 3.33. The van der Waals surface area contributed by atoms with E-state index in [0.29, 0.717) is 5.75 Å². The summed E-state index contributed by atoms with van der Waals surface area (Å²) in [6.45, 7) is 4.35. The molecule has 2 aromatic heterocycles. The number of hydrogen-bond acceptors (Lipinski definition) is 6. The number of fused-ring (bicyclic) bond motifs is 2. The summed E-state index contributed by atoms with van der Waals surface area (Å²) >= 11 is 3.13. The van der Waals surface area contributed by atoms with Crippen molar-refractivity contribution in [1.29, 1.82) is 0 Å². The van der Waals surface area contributed by atoms with E-state index < -0.39 is 0 Å². The highest BCUT2D eigenvalue weighted by molar-refractivity contribution is 8.00.